The number of halogens is 4. The highest BCUT2D eigenvalue weighted by Crippen LogP contribution is 2.36. The summed E-state index contributed by atoms with van der Waals surface area (Å²) in [5.74, 6) is 0.392. The molecule has 1 heterocycles. The number of rotatable bonds is 3. The van der Waals surface area contributed by atoms with Crippen LogP contribution in [0.15, 0.2) is 71.6 Å². The second kappa shape index (κ2) is 7.76. The molecular weight excluding hydrogens is 419 g/mol. The Kier molecular flexibility index (Phi) is 5.32. The molecule has 148 valence electrons. The number of hydrogen-bond acceptors (Lipinski definition) is 2. The summed E-state index contributed by atoms with van der Waals surface area (Å²) in [5.41, 5.74) is 2.04. The van der Waals surface area contributed by atoms with Crippen molar-refractivity contribution in [3.05, 3.63) is 88.4 Å². The summed E-state index contributed by atoms with van der Waals surface area (Å²) in [5, 5.41) is 0.606. The average Bonchev–Trinajstić information content (AvgIpc) is 2.71. The highest BCUT2D eigenvalue weighted by atomic mass is 35.5. The van der Waals surface area contributed by atoms with Gasteiger partial charge < -0.3 is 4.90 Å². The average molecular weight is 434 g/mol. The van der Waals surface area contributed by atoms with E-state index in [1.165, 1.54) is 12.1 Å². The number of carbonyl (C=O) groups excluding carboxylic acids is 1. The predicted molar refractivity (Wildman–Crippen MR) is 109 cm³/mol. The molecule has 0 unspecified atom stereocenters. The number of thioether (sulfide) groups is 1. The Bertz CT molecular complexity index is 1070. The molecule has 0 aromatic heterocycles. The Morgan fingerprint density at radius 2 is 1.66 bits per heavy atom. The molecule has 0 fully saturated rings. The minimum Gasteiger partial charge on any atom is -0.325 e. The van der Waals surface area contributed by atoms with Gasteiger partial charge >= 0.3 is 6.18 Å². The molecule has 3 aromatic rings. The molecular formula is C22H15ClF3NOS. The third-order valence-corrected chi connectivity index (χ3v) is 6.21. The molecule has 0 N–H and O–H groups in total. The van der Waals surface area contributed by atoms with Crippen LogP contribution < -0.4 is 0 Å². The smallest absolute Gasteiger partial charge is 0.325 e. The molecule has 3 aromatic carbocycles. The van der Waals surface area contributed by atoms with E-state index in [4.69, 9.17) is 11.6 Å². The van der Waals surface area contributed by atoms with Crippen molar-refractivity contribution in [3.8, 4) is 11.1 Å². The zero-order valence-electron chi connectivity index (χ0n) is 15.0. The molecule has 1 amide bonds. The molecule has 0 saturated heterocycles. The molecule has 2 nitrogen and oxygen atoms in total. The summed E-state index contributed by atoms with van der Waals surface area (Å²) < 4.78 is 38.4. The van der Waals surface area contributed by atoms with E-state index in [2.05, 4.69) is 0 Å². The van der Waals surface area contributed by atoms with E-state index in [-0.39, 0.29) is 5.91 Å². The fraction of sp³-hybridized carbons (Fsp3) is 0.136. The van der Waals surface area contributed by atoms with E-state index < -0.39 is 11.7 Å². The van der Waals surface area contributed by atoms with Gasteiger partial charge in [-0.25, -0.2) is 0 Å². The molecule has 29 heavy (non-hydrogen) atoms. The normalized spacial score (nSPS) is 14.1. The molecule has 7 heteroatoms. The van der Waals surface area contributed by atoms with Gasteiger partial charge in [-0.15, -0.1) is 11.8 Å². The molecule has 0 bridgehead atoms. The number of carbonyl (C=O) groups is 1. The standard InChI is InChI=1S/C22H15ClF3NOS/c23-19-4-2-1-3-16(19)12-27-13-29-20-10-7-15(11-18(20)21(27)28)14-5-8-17(9-6-14)22(24,25)26/h1-11H,12-13H2. The van der Waals surface area contributed by atoms with Crippen LogP contribution in [-0.2, 0) is 12.7 Å². The van der Waals surface area contributed by atoms with Gasteiger partial charge in [-0.05, 0) is 47.0 Å². The number of nitrogens with zero attached hydrogens (tertiary/aromatic N) is 1. The minimum atomic E-state index is -4.37. The summed E-state index contributed by atoms with van der Waals surface area (Å²) in [7, 11) is 0. The third kappa shape index (κ3) is 4.14. The van der Waals surface area contributed by atoms with Crippen LogP contribution in [0.1, 0.15) is 21.5 Å². The lowest BCUT2D eigenvalue weighted by Gasteiger charge is -2.28. The summed E-state index contributed by atoms with van der Waals surface area (Å²) in [6.45, 7) is 0.398. The van der Waals surface area contributed by atoms with E-state index in [9.17, 15) is 18.0 Å². The lowest BCUT2D eigenvalue weighted by Crippen LogP contribution is -2.33. The van der Waals surface area contributed by atoms with E-state index in [1.54, 1.807) is 28.8 Å². The van der Waals surface area contributed by atoms with Gasteiger partial charge in [0.05, 0.1) is 17.0 Å². The van der Waals surface area contributed by atoms with Gasteiger partial charge in [0.15, 0.2) is 0 Å². The molecule has 1 aliphatic rings. The number of benzene rings is 3. The summed E-state index contributed by atoms with van der Waals surface area (Å²) in [4.78, 5) is 15.6. The summed E-state index contributed by atoms with van der Waals surface area (Å²) in [6.07, 6.45) is -4.37. The minimum absolute atomic E-state index is 0.118. The number of amides is 1. The first-order chi connectivity index (χ1) is 13.8. The van der Waals surface area contributed by atoms with Crippen LogP contribution in [0.3, 0.4) is 0 Å². The van der Waals surface area contributed by atoms with Crippen LogP contribution in [0.25, 0.3) is 11.1 Å². The van der Waals surface area contributed by atoms with Gasteiger partial charge in [-0.1, -0.05) is 48.0 Å². The topological polar surface area (TPSA) is 20.3 Å². The molecule has 0 atom stereocenters. The number of fused-ring (bicyclic) bond motifs is 1. The van der Waals surface area contributed by atoms with Crippen LogP contribution in [0.4, 0.5) is 13.2 Å². The van der Waals surface area contributed by atoms with Crippen molar-refractivity contribution in [1.29, 1.82) is 0 Å². The van der Waals surface area contributed by atoms with Gasteiger partial charge in [-0.2, -0.15) is 13.2 Å². The third-order valence-electron chi connectivity index (χ3n) is 4.74. The van der Waals surface area contributed by atoms with Crippen LogP contribution in [0, 0.1) is 0 Å². The van der Waals surface area contributed by atoms with E-state index in [0.29, 0.717) is 34.1 Å². The first-order valence-electron chi connectivity index (χ1n) is 8.80. The Hall–Kier alpha value is -2.44. The molecule has 0 aliphatic carbocycles. The molecule has 4 rings (SSSR count). The lowest BCUT2D eigenvalue weighted by atomic mass is 10.0. The maximum absolute atomic E-state index is 13.0. The quantitative estimate of drug-likeness (QED) is 0.456. The van der Waals surface area contributed by atoms with Crippen molar-refractivity contribution in [2.45, 2.75) is 17.6 Å². The maximum atomic E-state index is 13.0. The van der Waals surface area contributed by atoms with Crippen molar-refractivity contribution in [3.63, 3.8) is 0 Å². The van der Waals surface area contributed by atoms with Gasteiger partial charge in [-0.3, -0.25) is 4.79 Å². The van der Waals surface area contributed by atoms with Gasteiger partial charge in [0, 0.05) is 16.5 Å². The van der Waals surface area contributed by atoms with Gasteiger partial charge in [0.25, 0.3) is 5.91 Å². The van der Waals surface area contributed by atoms with E-state index >= 15 is 0 Å². The Morgan fingerprint density at radius 1 is 0.966 bits per heavy atom. The first-order valence-corrected chi connectivity index (χ1v) is 10.2. The second-order valence-electron chi connectivity index (χ2n) is 6.65. The number of hydrogen-bond donors (Lipinski definition) is 0. The van der Waals surface area contributed by atoms with Crippen molar-refractivity contribution in [2.75, 3.05) is 5.88 Å². The first kappa shape index (κ1) is 19.9. The molecule has 1 aliphatic heterocycles. The molecule has 0 spiro atoms. The van der Waals surface area contributed by atoms with E-state index in [0.717, 1.165) is 22.6 Å². The fourth-order valence-corrected chi connectivity index (χ4v) is 4.35. The van der Waals surface area contributed by atoms with Gasteiger partial charge in [0.1, 0.15) is 0 Å². The maximum Gasteiger partial charge on any atom is 0.416 e. The molecule has 0 radical (unpaired) electrons. The monoisotopic (exact) mass is 433 g/mol. The summed E-state index contributed by atoms with van der Waals surface area (Å²) in [6, 6.07) is 17.7. The van der Waals surface area contributed by atoms with Crippen molar-refractivity contribution in [2.24, 2.45) is 0 Å². The van der Waals surface area contributed by atoms with Crippen molar-refractivity contribution >= 4 is 29.3 Å². The van der Waals surface area contributed by atoms with Gasteiger partial charge in [0.2, 0.25) is 0 Å². The Labute approximate surface area is 175 Å². The zero-order valence-corrected chi connectivity index (χ0v) is 16.6. The van der Waals surface area contributed by atoms with Crippen molar-refractivity contribution in [1.82, 2.24) is 4.90 Å². The Morgan fingerprint density at radius 3 is 2.34 bits per heavy atom. The summed E-state index contributed by atoms with van der Waals surface area (Å²) >= 11 is 7.77. The SMILES string of the molecule is O=C1c2cc(-c3ccc(C(F)(F)F)cc3)ccc2SCN1Cc1ccccc1Cl. The second-order valence-corrected chi connectivity index (χ2v) is 8.05. The largest absolute Gasteiger partial charge is 0.416 e. The highest BCUT2D eigenvalue weighted by Gasteiger charge is 2.30. The predicted octanol–water partition coefficient (Wildman–Crippen LogP) is 6.73. The van der Waals surface area contributed by atoms with Crippen LogP contribution in [0.5, 0.6) is 0 Å². The Balaban J connectivity index is 1.61. The highest BCUT2D eigenvalue weighted by molar-refractivity contribution is 7.99. The van der Waals surface area contributed by atoms with E-state index in [1.807, 2.05) is 30.3 Å². The molecule has 0 saturated carbocycles. The lowest BCUT2D eigenvalue weighted by molar-refractivity contribution is -0.137. The van der Waals surface area contributed by atoms with Crippen LogP contribution in [0.2, 0.25) is 5.02 Å². The fourth-order valence-electron chi connectivity index (χ4n) is 3.18. The number of alkyl halides is 3. The van der Waals surface area contributed by atoms with Crippen molar-refractivity contribution < 1.29 is 18.0 Å². The van der Waals surface area contributed by atoms with Crippen LogP contribution in [-0.4, -0.2) is 16.7 Å². The zero-order chi connectivity index (χ0) is 20.6. The van der Waals surface area contributed by atoms with Crippen LogP contribution >= 0.6 is 23.4 Å².